The van der Waals surface area contributed by atoms with Gasteiger partial charge in [0.15, 0.2) is 11.5 Å². The summed E-state index contributed by atoms with van der Waals surface area (Å²) in [6.45, 7) is 1.45. The summed E-state index contributed by atoms with van der Waals surface area (Å²) in [7, 11) is 2.92. The molecule has 0 saturated heterocycles. The number of fused-ring (bicyclic) bond motifs is 1. The lowest BCUT2D eigenvalue weighted by molar-refractivity contribution is -0.137. The lowest BCUT2D eigenvalue weighted by atomic mass is 10.0. The summed E-state index contributed by atoms with van der Waals surface area (Å²) in [5.74, 6) is 0.838. The molecular formula is C23H22F3N3O4. The van der Waals surface area contributed by atoms with Crippen molar-refractivity contribution < 1.29 is 27.8 Å². The Morgan fingerprint density at radius 3 is 2.52 bits per heavy atom. The van der Waals surface area contributed by atoms with Crippen molar-refractivity contribution in [1.82, 2.24) is 14.9 Å². The molecule has 0 fully saturated rings. The van der Waals surface area contributed by atoms with Crippen LogP contribution in [0, 0.1) is 0 Å². The molecule has 0 amide bonds. The number of nitrogens with one attached hydrogen (secondary N) is 1. The van der Waals surface area contributed by atoms with Gasteiger partial charge in [-0.3, -0.25) is 9.69 Å². The maximum atomic E-state index is 12.8. The van der Waals surface area contributed by atoms with Crippen LogP contribution in [0.4, 0.5) is 13.2 Å². The molecule has 3 aromatic rings. The van der Waals surface area contributed by atoms with E-state index in [1.54, 1.807) is 12.1 Å². The third kappa shape index (κ3) is 4.65. The monoisotopic (exact) mass is 461 g/mol. The summed E-state index contributed by atoms with van der Waals surface area (Å²) in [6.07, 6.45) is -3.96. The number of nitrogens with zero attached hydrogens (tertiary/aromatic N) is 2. The average molecular weight is 461 g/mol. The van der Waals surface area contributed by atoms with Crippen LogP contribution in [0.2, 0.25) is 0 Å². The summed E-state index contributed by atoms with van der Waals surface area (Å²) in [4.78, 5) is 21.9. The van der Waals surface area contributed by atoms with E-state index in [2.05, 4.69) is 14.9 Å². The Balaban J connectivity index is 1.58. The molecule has 174 valence electrons. The van der Waals surface area contributed by atoms with Crippen molar-refractivity contribution in [2.45, 2.75) is 25.7 Å². The first-order valence-corrected chi connectivity index (χ1v) is 10.2. The van der Waals surface area contributed by atoms with Gasteiger partial charge in [0.25, 0.3) is 5.56 Å². The zero-order chi connectivity index (χ0) is 23.8. The minimum Gasteiger partial charge on any atom is -0.504 e. The lowest BCUT2D eigenvalue weighted by Crippen LogP contribution is -2.35. The van der Waals surface area contributed by atoms with E-state index in [4.69, 9.17) is 9.47 Å². The first kappa shape index (κ1) is 22.7. The topological polar surface area (TPSA) is 87.7 Å². The van der Waals surface area contributed by atoms with E-state index in [-0.39, 0.29) is 22.9 Å². The molecule has 2 N–H and O–H groups in total. The molecule has 33 heavy (non-hydrogen) atoms. The maximum absolute atomic E-state index is 12.8. The summed E-state index contributed by atoms with van der Waals surface area (Å²) in [6, 6.07) is 7.87. The second-order valence-electron chi connectivity index (χ2n) is 7.73. The number of rotatable bonds is 5. The summed E-state index contributed by atoms with van der Waals surface area (Å²) in [5.41, 5.74) is 1.27. The minimum atomic E-state index is -4.44. The molecule has 0 spiro atoms. The predicted octanol–water partition coefficient (Wildman–Crippen LogP) is 3.74. The fraction of sp³-hybridized carbons (Fsp3) is 0.304. The largest absolute Gasteiger partial charge is 0.504 e. The molecule has 2 aromatic carbocycles. The van der Waals surface area contributed by atoms with Gasteiger partial charge >= 0.3 is 6.18 Å². The number of aromatic nitrogens is 2. The Morgan fingerprint density at radius 1 is 1.15 bits per heavy atom. The second kappa shape index (κ2) is 8.78. The Kier molecular flexibility index (Phi) is 6.03. The Labute approximate surface area is 187 Å². The Hall–Kier alpha value is -3.53. The highest BCUT2D eigenvalue weighted by Gasteiger charge is 2.30. The van der Waals surface area contributed by atoms with Crippen LogP contribution in [0.25, 0.3) is 11.4 Å². The molecule has 4 rings (SSSR count). The van der Waals surface area contributed by atoms with Crippen LogP contribution in [0.3, 0.4) is 0 Å². The van der Waals surface area contributed by atoms with E-state index in [1.807, 2.05) is 0 Å². The van der Waals surface area contributed by atoms with E-state index in [9.17, 15) is 23.1 Å². The van der Waals surface area contributed by atoms with Crippen molar-refractivity contribution >= 4 is 0 Å². The van der Waals surface area contributed by atoms with E-state index in [0.717, 1.165) is 17.7 Å². The van der Waals surface area contributed by atoms with Gasteiger partial charge in [0.1, 0.15) is 5.82 Å². The van der Waals surface area contributed by atoms with Gasteiger partial charge in [-0.25, -0.2) is 4.98 Å². The summed E-state index contributed by atoms with van der Waals surface area (Å²) >= 11 is 0. The molecule has 0 saturated carbocycles. The first-order chi connectivity index (χ1) is 15.7. The number of halogens is 3. The molecule has 0 aliphatic carbocycles. The van der Waals surface area contributed by atoms with E-state index in [1.165, 1.54) is 26.4 Å². The number of aromatic hydroxyl groups is 1. The number of hydrogen-bond acceptors (Lipinski definition) is 6. The smallest absolute Gasteiger partial charge is 0.416 e. The second-order valence-corrected chi connectivity index (χ2v) is 7.73. The number of phenolic OH excluding ortho intramolecular Hbond substituents is 1. The lowest BCUT2D eigenvalue weighted by Gasteiger charge is -2.28. The molecule has 0 unspecified atom stereocenters. The zero-order valence-electron chi connectivity index (χ0n) is 18.0. The van der Waals surface area contributed by atoms with Crippen molar-refractivity contribution in [3.8, 4) is 28.6 Å². The number of aromatic amines is 1. The number of H-pyrrole nitrogens is 1. The highest BCUT2D eigenvalue weighted by molar-refractivity contribution is 5.56. The van der Waals surface area contributed by atoms with Crippen molar-refractivity contribution in [2.75, 3.05) is 20.8 Å². The molecule has 7 nitrogen and oxygen atoms in total. The average Bonchev–Trinajstić information content (AvgIpc) is 2.78. The van der Waals surface area contributed by atoms with E-state index < -0.39 is 11.7 Å². The molecule has 1 aromatic heterocycles. The minimum absolute atomic E-state index is 0.0385. The van der Waals surface area contributed by atoms with Crippen molar-refractivity contribution in [2.24, 2.45) is 0 Å². The Morgan fingerprint density at radius 2 is 1.88 bits per heavy atom. The van der Waals surface area contributed by atoms with Crippen molar-refractivity contribution in [3.63, 3.8) is 0 Å². The van der Waals surface area contributed by atoms with E-state index in [0.29, 0.717) is 48.6 Å². The molecule has 1 aliphatic heterocycles. The third-order valence-electron chi connectivity index (χ3n) is 5.56. The SMILES string of the molecule is COc1cc(CN2CCc3c(nc(-c4ccc(C(F)(F)F)cc4)[nH]c3=O)C2)cc(O)c1OC. The van der Waals surface area contributed by atoms with Gasteiger partial charge in [-0.2, -0.15) is 13.2 Å². The van der Waals surface area contributed by atoms with Crippen LogP contribution in [-0.4, -0.2) is 40.7 Å². The highest BCUT2D eigenvalue weighted by atomic mass is 19.4. The number of benzene rings is 2. The van der Waals surface area contributed by atoms with Gasteiger partial charge in [-0.05, 0) is 36.2 Å². The normalized spacial score (nSPS) is 14.1. The molecule has 0 bridgehead atoms. The van der Waals surface area contributed by atoms with Gasteiger partial charge in [0, 0.05) is 30.8 Å². The quantitative estimate of drug-likeness (QED) is 0.602. The molecule has 10 heteroatoms. The predicted molar refractivity (Wildman–Crippen MR) is 114 cm³/mol. The first-order valence-electron chi connectivity index (χ1n) is 10.2. The van der Waals surface area contributed by atoms with Gasteiger partial charge in [0.2, 0.25) is 5.75 Å². The number of hydrogen-bond donors (Lipinski definition) is 2. The number of ether oxygens (including phenoxy) is 2. The maximum Gasteiger partial charge on any atom is 0.416 e. The van der Waals surface area contributed by atoms with Gasteiger partial charge in [0.05, 0.1) is 25.5 Å². The van der Waals surface area contributed by atoms with Gasteiger partial charge in [-0.1, -0.05) is 12.1 Å². The van der Waals surface area contributed by atoms with Crippen molar-refractivity contribution in [3.05, 3.63) is 69.1 Å². The van der Waals surface area contributed by atoms with Crippen LogP contribution in [-0.2, 0) is 25.7 Å². The number of alkyl halides is 3. The molecule has 2 heterocycles. The zero-order valence-corrected chi connectivity index (χ0v) is 18.0. The van der Waals surface area contributed by atoms with Crippen molar-refractivity contribution in [1.29, 1.82) is 0 Å². The van der Waals surface area contributed by atoms with Crippen LogP contribution in [0.1, 0.15) is 22.4 Å². The standard InChI is InChI=1S/C23H22F3N3O4/c1-32-19-10-13(9-18(30)20(19)33-2)11-29-8-7-16-17(12-29)27-21(28-22(16)31)14-3-5-15(6-4-14)23(24,25)26/h3-6,9-10,30H,7-8,11-12H2,1-2H3,(H,27,28,31). The molecule has 0 radical (unpaired) electrons. The fourth-order valence-electron chi connectivity index (χ4n) is 3.93. The molecule has 0 atom stereocenters. The van der Waals surface area contributed by atoms with Gasteiger partial charge < -0.3 is 19.6 Å². The van der Waals surface area contributed by atoms with Crippen LogP contribution < -0.4 is 15.0 Å². The highest BCUT2D eigenvalue weighted by Crippen LogP contribution is 2.38. The van der Waals surface area contributed by atoms with Crippen LogP contribution in [0.15, 0.2) is 41.2 Å². The Bertz CT molecular complexity index is 1220. The summed E-state index contributed by atoms with van der Waals surface area (Å²) < 4.78 is 49.0. The molecule has 1 aliphatic rings. The number of phenols is 1. The number of methoxy groups -OCH3 is 2. The molecular weight excluding hydrogens is 439 g/mol. The third-order valence-corrected chi connectivity index (χ3v) is 5.56. The fourth-order valence-corrected chi connectivity index (χ4v) is 3.93. The van der Waals surface area contributed by atoms with Crippen LogP contribution in [0.5, 0.6) is 17.2 Å². The summed E-state index contributed by atoms with van der Waals surface area (Å²) in [5, 5.41) is 10.2. The van der Waals surface area contributed by atoms with E-state index >= 15 is 0 Å². The van der Waals surface area contributed by atoms with Crippen LogP contribution >= 0.6 is 0 Å². The van der Waals surface area contributed by atoms with Gasteiger partial charge in [-0.15, -0.1) is 0 Å².